The van der Waals surface area contributed by atoms with Crippen LogP contribution in [0.15, 0.2) is 47.7 Å². The summed E-state index contributed by atoms with van der Waals surface area (Å²) in [6, 6.07) is 8.35. The van der Waals surface area contributed by atoms with E-state index >= 15 is 0 Å². The fourth-order valence-corrected chi connectivity index (χ4v) is 2.41. The van der Waals surface area contributed by atoms with Gasteiger partial charge in [0.15, 0.2) is 17.5 Å². The summed E-state index contributed by atoms with van der Waals surface area (Å²) < 4.78 is 25.3. The van der Waals surface area contributed by atoms with Crippen molar-refractivity contribution in [3.05, 3.63) is 54.1 Å². The molecule has 0 fully saturated rings. The summed E-state index contributed by atoms with van der Waals surface area (Å²) in [7, 11) is 1.71. The van der Waals surface area contributed by atoms with E-state index in [0.717, 1.165) is 44.6 Å². The average Bonchev–Trinajstić information content (AvgIpc) is 2.72. The number of guanidine groups is 1. The van der Waals surface area contributed by atoms with Crippen LogP contribution in [-0.2, 0) is 11.3 Å². The number of nitrogens with one attached hydrogen (secondary N) is 2. The van der Waals surface area contributed by atoms with Gasteiger partial charge in [-0.05, 0) is 42.7 Å². The second-order valence-electron chi connectivity index (χ2n) is 6.23. The highest BCUT2D eigenvalue weighted by Crippen LogP contribution is 2.24. The zero-order valence-corrected chi connectivity index (χ0v) is 16.6. The Morgan fingerprint density at radius 3 is 2.75 bits per heavy atom. The van der Waals surface area contributed by atoms with Gasteiger partial charge in [0.1, 0.15) is 5.75 Å². The number of nitrogens with zero attached hydrogens (tertiary/aromatic N) is 2. The molecule has 2 aromatic rings. The van der Waals surface area contributed by atoms with Crippen molar-refractivity contribution in [2.45, 2.75) is 32.7 Å². The molecule has 1 aromatic carbocycles. The first kappa shape index (κ1) is 21.6. The second kappa shape index (κ2) is 12.7. The minimum absolute atomic E-state index is 0.169. The molecule has 0 saturated heterocycles. The highest BCUT2D eigenvalue weighted by molar-refractivity contribution is 5.79. The fraction of sp³-hybridized carbons (Fsp3) is 0.429. The summed E-state index contributed by atoms with van der Waals surface area (Å²) in [6.07, 6.45) is 6.32. The Morgan fingerprint density at radius 2 is 2.04 bits per heavy atom. The van der Waals surface area contributed by atoms with Gasteiger partial charge in [0, 0.05) is 39.5 Å². The van der Waals surface area contributed by atoms with Crippen LogP contribution in [0.5, 0.6) is 11.5 Å². The maximum atomic E-state index is 14.3. The molecular formula is C21H29FN4O2. The number of aromatic nitrogens is 1. The molecule has 0 aliphatic rings. The predicted molar refractivity (Wildman–Crippen MR) is 109 cm³/mol. The number of hydrogen-bond acceptors (Lipinski definition) is 4. The Labute approximate surface area is 166 Å². The van der Waals surface area contributed by atoms with Crippen LogP contribution in [0.3, 0.4) is 0 Å². The third-order valence-corrected chi connectivity index (χ3v) is 3.94. The van der Waals surface area contributed by atoms with Crippen LogP contribution in [0.1, 0.15) is 31.7 Å². The van der Waals surface area contributed by atoms with Crippen LogP contribution in [0, 0.1) is 5.82 Å². The Bertz CT molecular complexity index is 726. The quantitative estimate of drug-likeness (QED) is 0.347. The molecule has 0 unspecified atom stereocenters. The molecule has 2 rings (SSSR count). The van der Waals surface area contributed by atoms with Gasteiger partial charge in [0.25, 0.3) is 0 Å². The van der Waals surface area contributed by atoms with Gasteiger partial charge in [-0.3, -0.25) is 9.98 Å². The maximum Gasteiger partial charge on any atom is 0.191 e. The van der Waals surface area contributed by atoms with E-state index < -0.39 is 5.82 Å². The van der Waals surface area contributed by atoms with Gasteiger partial charge in [0.2, 0.25) is 0 Å². The predicted octanol–water partition coefficient (Wildman–Crippen LogP) is 3.88. The van der Waals surface area contributed by atoms with Crippen molar-refractivity contribution in [2.75, 3.05) is 26.8 Å². The molecule has 0 aliphatic heterocycles. The van der Waals surface area contributed by atoms with E-state index in [9.17, 15) is 4.39 Å². The van der Waals surface area contributed by atoms with Crippen molar-refractivity contribution in [3.63, 3.8) is 0 Å². The summed E-state index contributed by atoms with van der Waals surface area (Å²) in [5.74, 6) is 0.915. The molecule has 2 N–H and O–H groups in total. The van der Waals surface area contributed by atoms with E-state index in [0.29, 0.717) is 18.3 Å². The lowest BCUT2D eigenvalue weighted by atomic mass is 10.2. The SMILES string of the molecule is CCCCOCCCNC(=NC)NCc1ccc(Oc2cccnc2)c(F)c1. The molecule has 0 bridgehead atoms. The Morgan fingerprint density at radius 1 is 1.18 bits per heavy atom. The van der Waals surface area contributed by atoms with Gasteiger partial charge < -0.3 is 20.1 Å². The molecule has 0 saturated carbocycles. The molecule has 6 nitrogen and oxygen atoms in total. The Hall–Kier alpha value is -2.67. The third kappa shape index (κ3) is 7.92. The first-order valence-electron chi connectivity index (χ1n) is 9.61. The molecule has 1 heterocycles. The molecule has 0 amide bonds. The summed E-state index contributed by atoms with van der Waals surface area (Å²) in [4.78, 5) is 8.12. The van der Waals surface area contributed by atoms with Crippen LogP contribution in [0.25, 0.3) is 0 Å². The molecule has 0 radical (unpaired) electrons. The van der Waals surface area contributed by atoms with Gasteiger partial charge >= 0.3 is 0 Å². The van der Waals surface area contributed by atoms with Gasteiger partial charge in [-0.15, -0.1) is 0 Å². The van der Waals surface area contributed by atoms with Crippen molar-refractivity contribution in [2.24, 2.45) is 4.99 Å². The van der Waals surface area contributed by atoms with Crippen molar-refractivity contribution in [1.29, 1.82) is 0 Å². The molecule has 1 aromatic heterocycles. The minimum Gasteiger partial charge on any atom is -0.453 e. The number of pyridine rings is 1. The monoisotopic (exact) mass is 388 g/mol. The van der Waals surface area contributed by atoms with Gasteiger partial charge in [-0.1, -0.05) is 19.4 Å². The van der Waals surface area contributed by atoms with E-state index in [1.807, 2.05) is 6.07 Å². The number of halogens is 1. The number of rotatable bonds is 11. The van der Waals surface area contributed by atoms with Gasteiger partial charge in [-0.25, -0.2) is 4.39 Å². The molecule has 0 aliphatic carbocycles. The summed E-state index contributed by atoms with van der Waals surface area (Å²) in [5, 5.41) is 6.40. The number of ether oxygens (including phenoxy) is 2. The van der Waals surface area contributed by atoms with Crippen molar-refractivity contribution >= 4 is 5.96 Å². The highest BCUT2D eigenvalue weighted by Gasteiger charge is 2.07. The zero-order valence-electron chi connectivity index (χ0n) is 16.6. The van der Waals surface area contributed by atoms with E-state index in [2.05, 4.69) is 27.5 Å². The normalized spacial score (nSPS) is 11.3. The lowest BCUT2D eigenvalue weighted by molar-refractivity contribution is 0.129. The number of unbranched alkanes of at least 4 members (excludes halogenated alkanes) is 1. The van der Waals surface area contributed by atoms with E-state index in [1.54, 1.807) is 37.6 Å². The first-order chi connectivity index (χ1) is 13.7. The first-order valence-corrected chi connectivity index (χ1v) is 9.61. The van der Waals surface area contributed by atoms with Crippen molar-refractivity contribution < 1.29 is 13.9 Å². The van der Waals surface area contributed by atoms with Crippen LogP contribution in [0.4, 0.5) is 4.39 Å². The Kier molecular flexibility index (Phi) is 9.79. The number of benzene rings is 1. The molecule has 152 valence electrons. The van der Waals surface area contributed by atoms with Gasteiger partial charge in [-0.2, -0.15) is 0 Å². The number of hydrogen-bond donors (Lipinski definition) is 2. The largest absolute Gasteiger partial charge is 0.453 e. The molecule has 0 spiro atoms. The summed E-state index contributed by atoms with van der Waals surface area (Å²) >= 11 is 0. The second-order valence-corrected chi connectivity index (χ2v) is 6.23. The smallest absolute Gasteiger partial charge is 0.191 e. The molecular weight excluding hydrogens is 359 g/mol. The van der Waals surface area contributed by atoms with Crippen LogP contribution in [-0.4, -0.2) is 37.7 Å². The van der Waals surface area contributed by atoms with Crippen LogP contribution in [0.2, 0.25) is 0 Å². The standard InChI is InChI=1S/C21H29FN4O2/c1-3-4-12-27-13-6-11-25-21(23-2)26-15-17-8-9-20(19(22)14-17)28-18-7-5-10-24-16-18/h5,7-10,14,16H,3-4,6,11-13,15H2,1-2H3,(H2,23,25,26). The Balaban J connectivity index is 1.74. The number of aliphatic imine (C=N–C) groups is 1. The summed E-state index contributed by atoms with van der Waals surface area (Å²) in [5.41, 5.74) is 0.793. The van der Waals surface area contributed by atoms with E-state index in [-0.39, 0.29) is 5.75 Å². The van der Waals surface area contributed by atoms with E-state index in [1.165, 1.54) is 6.07 Å². The van der Waals surface area contributed by atoms with Crippen LogP contribution >= 0.6 is 0 Å². The third-order valence-electron chi connectivity index (χ3n) is 3.94. The van der Waals surface area contributed by atoms with Crippen molar-refractivity contribution in [1.82, 2.24) is 15.6 Å². The minimum atomic E-state index is -0.421. The summed E-state index contributed by atoms with van der Waals surface area (Å²) in [6.45, 7) is 4.91. The molecule has 0 atom stereocenters. The zero-order chi connectivity index (χ0) is 20.0. The maximum absolute atomic E-state index is 14.3. The van der Waals surface area contributed by atoms with Crippen molar-refractivity contribution in [3.8, 4) is 11.5 Å². The highest BCUT2D eigenvalue weighted by atomic mass is 19.1. The fourth-order valence-electron chi connectivity index (χ4n) is 2.41. The lowest BCUT2D eigenvalue weighted by Crippen LogP contribution is -2.37. The molecule has 7 heteroatoms. The lowest BCUT2D eigenvalue weighted by Gasteiger charge is -2.13. The van der Waals surface area contributed by atoms with E-state index in [4.69, 9.17) is 9.47 Å². The topological polar surface area (TPSA) is 67.8 Å². The molecule has 28 heavy (non-hydrogen) atoms. The van der Waals surface area contributed by atoms with Crippen LogP contribution < -0.4 is 15.4 Å². The van der Waals surface area contributed by atoms with Gasteiger partial charge in [0.05, 0.1) is 6.20 Å². The average molecular weight is 388 g/mol.